The van der Waals surface area contributed by atoms with Gasteiger partial charge >= 0.3 is 6.18 Å². The van der Waals surface area contributed by atoms with Crippen LogP contribution in [0.3, 0.4) is 0 Å². The Labute approximate surface area is 107 Å². The van der Waals surface area contributed by atoms with Gasteiger partial charge in [-0.1, -0.05) is 6.07 Å². The fraction of sp³-hybridized carbons (Fsp3) is 0.417. The average Bonchev–Trinajstić information content (AvgIpc) is 2.72. The number of hydrogen-bond donors (Lipinski definition) is 2. The number of amides is 1. The van der Waals surface area contributed by atoms with E-state index in [0.29, 0.717) is 5.69 Å². The number of halogens is 3. The molecule has 1 atom stereocenters. The number of anilines is 1. The summed E-state index contributed by atoms with van der Waals surface area (Å²) in [5.74, 6) is -0.563. The van der Waals surface area contributed by atoms with E-state index in [1.807, 2.05) is 0 Å². The molecular weight excluding hydrogens is 261 g/mol. The molecule has 0 radical (unpaired) electrons. The predicted octanol–water partition coefficient (Wildman–Crippen LogP) is 1.41. The Morgan fingerprint density at radius 3 is 2.63 bits per heavy atom. The standard InChI is InChI=1S/C12H13F3N2O2/c13-12(14,15)11(19)4-5-17(7-11)10(18)8-2-1-3-9(16)6-8/h1-3,6,19H,4-5,7,16H2. The van der Waals surface area contributed by atoms with E-state index in [-0.39, 0.29) is 12.1 Å². The molecule has 0 spiro atoms. The topological polar surface area (TPSA) is 66.6 Å². The number of benzene rings is 1. The van der Waals surface area contributed by atoms with Gasteiger partial charge < -0.3 is 15.7 Å². The largest absolute Gasteiger partial charge is 0.419 e. The monoisotopic (exact) mass is 274 g/mol. The third kappa shape index (κ3) is 2.51. The molecule has 4 nitrogen and oxygen atoms in total. The van der Waals surface area contributed by atoms with Crippen LogP contribution in [0.4, 0.5) is 18.9 Å². The maximum atomic E-state index is 12.6. The molecule has 1 aromatic rings. The summed E-state index contributed by atoms with van der Waals surface area (Å²) in [4.78, 5) is 13.0. The van der Waals surface area contributed by atoms with E-state index in [9.17, 15) is 23.1 Å². The highest BCUT2D eigenvalue weighted by Gasteiger charge is 2.57. The first kappa shape index (κ1) is 13.7. The number of carbonyl (C=O) groups excluding carboxylic acids is 1. The number of alkyl halides is 3. The first-order valence-corrected chi connectivity index (χ1v) is 5.67. The van der Waals surface area contributed by atoms with E-state index in [4.69, 9.17) is 5.73 Å². The van der Waals surface area contributed by atoms with E-state index >= 15 is 0 Å². The highest BCUT2D eigenvalue weighted by Crippen LogP contribution is 2.37. The van der Waals surface area contributed by atoms with Gasteiger partial charge in [-0.05, 0) is 18.2 Å². The van der Waals surface area contributed by atoms with Crippen LogP contribution in [-0.4, -0.2) is 40.8 Å². The number of aliphatic hydroxyl groups is 1. The van der Waals surface area contributed by atoms with Gasteiger partial charge in [0, 0.05) is 24.2 Å². The SMILES string of the molecule is Nc1cccc(C(=O)N2CCC(O)(C(F)(F)F)C2)c1. The summed E-state index contributed by atoms with van der Waals surface area (Å²) in [7, 11) is 0. The molecule has 0 aliphatic carbocycles. The van der Waals surface area contributed by atoms with Crippen molar-refractivity contribution in [1.82, 2.24) is 4.90 Å². The predicted molar refractivity (Wildman–Crippen MR) is 62.4 cm³/mol. The second kappa shape index (κ2) is 4.41. The van der Waals surface area contributed by atoms with Crippen molar-refractivity contribution in [2.24, 2.45) is 0 Å². The minimum atomic E-state index is -4.74. The van der Waals surface area contributed by atoms with Gasteiger partial charge in [-0.25, -0.2) is 0 Å². The molecule has 0 saturated carbocycles. The van der Waals surface area contributed by atoms with Crippen molar-refractivity contribution in [3.8, 4) is 0 Å². The lowest BCUT2D eigenvalue weighted by Gasteiger charge is -2.25. The summed E-state index contributed by atoms with van der Waals surface area (Å²) in [6.07, 6.45) is -5.25. The molecule has 1 saturated heterocycles. The summed E-state index contributed by atoms with van der Waals surface area (Å²) in [6.45, 7) is -0.881. The second-order valence-electron chi connectivity index (χ2n) is 4.63. The van der Waals surface area contributed by atoms with E-state index in [2.05, 4.69) is 0 Å². The first-order chi connectivity index (χ1) is 8.73. The van der Waals surface area contributed by atoms with Crippen LogP contribution in [0, 0.1) is 0 Å². The van der Waals surface area contributed by atoms with Gasteiger partial charge in [0.15, 0.2) is 5.60 Å². The molecule has 3 N–H and O–H groups in total. The maximum absolute atomic E-state index is 12.6. The van der Waals surface area contributed by atoms with Gasteiger partial charge in [-0.3, -0.25) is 4.79 Å². The summed E-state index contributed by atoms with van der Waals surface area (Å²) in [5.41, 5.74) is 3.27. The van der Waals surface area contributed by atoms with Crippen molar-refractivity contribution in [3.63, 3.8) is 0 Å². The summed E-state index contributed by atoms with van der Waals surface area (Å²) >= 11 is 0. The van der Waals surface area contributed by atoms with Gasteiger partial charge in [0.2, 0.25) is 0 Å². The molecule has 1 aromatic carbocycles. The van der Waals surface area contributed by atoms with Crippen LogP contribution in [0.15, 0.2) is 24.3 Å². The Kier molecular flexibility index (Phi) is 3.17. The van der Waals surface area contributed by atoms with E-state index in [1.54, 1.807) is 12.1 Å². The van der Waals surface area contributed by atoms with Crippen molar-refractivity contribution in [2.45, 2.75) is 18.2 Å². The van der Waals surface area contributed by atoms with Gasteiger partial charge in [-0.2, -0.15) is 13.2 Å². The van der Waals surface area contributed by atoms with Crippen LogP contribution in [-0.2, 0) is 0 Å². The molecule has 7 heteroatoms. The lowest BCUT2D eigenvalue weighted by Crippen LogP contribution is -2.48. The minimum absolute atomic E-state index is 0.135. The van der Waals surface area contributed by atoms with Crippen molar-refractivity contribution in [3.05, 3.63) is 29.8 Å². The number of nitrogen functional groups attached to an aromatic ring is 1. The summed E-state index contributed by atoms with van der Waals surface area (Å²) < 4.78 is 37.9. The second-order valence-corrected chi connectivity index (χ2v) is 4.63. The van der Waals surface area contributed by atoms with Gasteiger partial charge in [-0.15, -0.1) is 0 Å². The number of carbonyl (C=O) groups is 1. The van der Waals surface area contributed by atoms with E-state index in [0.717, 1.165) is 4.90 Å². The Morgan fingerprint density at radius 1 is 1.42 bits per heavy atom. The Balaban J connectivity index is 2.16. The fourth-order valence-electron chi connectivity index (χ4n) is 2.05. The van der Waals surface area contributed by atoms with E-state index in [1.165, 1.54) is 12.1 Å². The number of nitrogens with zero attached hydrogens (tertiary/aromatic N) is 1. The quantitative estimate of drug-likeness (QED) is 0.761. The fourth-order valence-corrected chi connectivity index (χ4v) is 2.05. The van der Waals surface area contributed by atoms with Gasteiger partial charge in [0.05, 0.1) is 6.54 Å². The number of nitrogens with two attached hydrogens (primary N) is 1. The Morgan fingerprint density at radius 2 is 2.11 bits per heavy atom. The smallest absolute Gasteiger partial charge is 0.399 e. The van der Waals surface area contributed by atoms with Gasteiger partial charge in [0.1, 0.15) is 0 Å². The van der Waals surface area contributed by atoms with E-state index < -0.39 is 30.7 Å². The molecule has 1 aliphatic rings. The third-order valence-electron chi connectivity index (χ3n) is 3.20. The number of rotatable bonds is 1. The van der Waals surface area contributed by atoms with Crippen molar-refractivity contribution in [2.75, 3.05) is 18.8 Å². The molecule has 104 valence electrons. The Bertz CT molecular complexity index is 504. The lowest BCUT2D eigenvalue weighted by molar-refractivity contribution is -0.253. The van der Waals surface area contributed by atoms with Crippen LogP contribution in [0.1, 0.15) is 16.8 Å². The number of hydrogen-bond acceptors (Lipinski definition) is 3. The van der Waals surface area contributed by atoms with Crippen LogP contribution in [0.5, 0.6) is 0 Å². The zero-order chi connectivity index (χ0) is 14.3. The van der Waals surface area contributed by atoms with Crippen molar-refractivity contribution >= 4 is 11.6 Å². The zero-order valence-electron chi connectivity index (χ0n) is 9.94. The highest BCUT2D eigenvalue weighted by atomic mass is 19.4. The summed E-state index contributed by atoms with van der Waals surface area (Å²) in [6, 6.07) is 6.00. The molecule has 1 aliphatic heterocycles. The molecule has 0 bridgehead atoms. The number of likely N-dealkylation sites (tertiary alicyclic amines) is 1. The van der Waals surface area contributed by atoms with Crippen molar-refractivity contribution in [1.29, 1.82) is 0 Å². The zero-order valence-corrected chi connectivity index (χ0v) is 9.94. The molecule has 1 heterocycles. The average molecular weight is 274 g/mol. The molecule has 19 heavy (non-hydrogen) atoms. The number of β-amino-alcohol motifs (C(OH)–C–C–N with tert-alkyl or cyclic N) is 1. The van der Waals surface area contributed by atoms with Crippen LogP contribution < -0.4 is 5.73 Å². The van der Waals surface area contributed by atoms with Gasteiger partial charge in [0.25, 0.3) is 5.91 Å². The molecular formula is C12H13F3N2O2. The molecule has 1 fully saturated rings. The normalized spacial score (nSPS) is 23.7. The summed E-state index contributed by atoms with van der Waals surface area (Å²) in [5, 5.41) is 9.51. The molecule has 1 unspecified atom stereocenters. The van der Waals surface area contributed by atoms with Crippen LogP contribution in [0.2, 0.25) is 0 Å². The minimum Gasteiger partial charge on any atom is -0.399 e. The first-order valence-electron chi connectivity index (χ1n) is 5.67. The van der Waals surface area contributed by atoms with Crippen LogP contribution in [0.25, 0.3) is 0 Å². The molecule has 0 aromatic heterocycles. The van der Waals surface area contributed by atoms with Crippen molar-refractivity contribution < 1.29 is 23.1 Å². The van der Waals surface area contributed by atoms with Crippen LogP contribution >= 0.6 is 0 Å². The lowest BCUT2D eigenvalue weighted by atomic mass is 10.0. The molecule has 2 rings (SSSR count). The highest BCUT2D eigenvalue weighted by molar-refractivity contribution is 5.95. The molecule has 1 amide bonds. The maximum Gasteiger partial charge on any atom is 0.419 e. The third-order valence-corrected chi connectivity index (χ3v) is 3.20. The Hall–Kier alpha value is -1.76.